The smallest absolute Gasteiger partial charge is 0.251 e. The second-order valence-corrected chi connectivity index (χ2v) is 8.71. The van der Waals surface area contributed by atoms with Gasteiger partial charge in [0.05, 0.1) is 6.54 Å². The Labute approximate surface area is 194 Å². The number of ether oxygens (including phenoxy) is 1. The normalized spacial score (nSPS) is 18.5. The molecule has 3 heterocycles. The van der Waals surface area contributed by atoms with Crippen LogP contribution in [0, 0.1) is 22.1 Å². The Morgan fingerprint density at radius 1 is 1.06 bits per heavy atom. The van der Waals surface area contributed by atoms with E-state index in [1.165, 1.54) is 19.3 Å². The number of piperidine rings is 1. The summed E-state index contributed by atoms with van der Waals surface area (Å²) in [5.41, 5.74) is 0.295. The largest absolute Gasteiger partial charge is 0.423 e. The summed E-state index contributed by atoms with van der Waals surface area (Å²) in [6.45, 7) is 2.60. The van der Waals surface area contributed by atoms with E-state index in [1.807, 2.05) is 6.07 Å². The minimum Gasteiger partial charge on any atom is -0.423 e. The standard InChI is InChI=1S/C23H35F2N7O/c1-29-23-17(7-8-19(30-23)32-11-5-3-2-4-6-12-32)20(26)22(28)33-21(27)16-9-13-31(14-10-16)15-18(24)25/h7-8,16,18,26-28H,2-6,9-15H2,1H3,(H,29,30). The lowest BCUT2D eigenvalue weighted by molar-refractivity contribution is 0.0735. The zero-order chi connectivity index (χ0) is 23.8. The Balaban J connectivity index is 1.60. The van der Waals surface area contributed by atoms with E-state index in [2.05, 4.69) is 10.2 Å². The lowest BCUT2D eigenvalue weighted by Gasteiger charge is -2.31. The van der Waals surface area contributed by atoms with Gasteiger partial charge in [0.25, 0.3) is 6.43 Å². The average molecular weight is 464 g/mol. The fourth-order valence-corrected chi connectivity index (χ4v) is 4.43. The maximum absolute atomic E-state index is 12.6. The summed E-state index contributed by atoms with van der Waals surface area (Å²) in [6.07, 6.45) is 4.70. The van der Waals surface area contributed by atoms with Crippen LogP contribution in [0.1, 0.15) is 50.5 Å². The Morgan fingerprint density at radius 3 is 2.30 bits per heavy atom. The summed E-state index contributed by atoms with van der Waals surface area (Å²) in [7, 11) is 1.73. The zero-order valence-corrected chi connectivity index (χ0v) is 19.3. The number of alkyl halides is 2. The third-order valence-electron chi connectivity index (χ3n) is 6.36. The molecule has 1 aromatic heterocycles. The number of halogens is 2. The van der Waals surface area contributed by atoms with Gasteiger partial charge in [0, 0.05) is 31.6 Å². The van der Waals surface area contributed by atoms with Gasteiger partial charge in [-0.2, -0.15) is 0 Å². The van der Waals surface area contributed by atoms with Crippen LogP contribution in [-0.4, -0.2) is 73.6 Å². The van der Waals surface area contributed by atoms with E-state index in [0.717, 1.165) is 31.7 Å². The van der Waals surface area contributed by atoms with Crippen molar-refractivity contribution in [3.05, 3.63) is 17.7 Å². The highest BCUT2D eigenvalue weighted by Crippen LogP contribution is 2.24. The van der Waals surface area contributed by atoms with Crippen LogP contribution in [0.4, 0.5) is 20.4 Å². The molecule has 0 aromatic carbocycles. The van der Waals surface area contributed by atoms with Gasteiger partial charge in [-0.3, -0.25) is 21.1 Å². The molecule has 0 amide bonds. The summed E-state index contributed by atoms with van der Waals surface area (Å²) in [6, 6.07) is 3.66. The second-order valence-electron chi connectivity index (χ2n) is 8.71. The molecular formula is C23H35F2N7O. The predicted molar refractivity (Wildman–Crippen MR) is 128 cm³/mol. The van der Waals surface area contributed by atoms with Crippen LogP contribution in [-0.2, 0) is 4.74 Å². The average Bonchev–Trinajstić information content (AvgIpc) is 2.78. The SMILES string of the molecule is CNc1nc(N2CCCCCCC2)ccc1C(=N)C(=N)OC(=N)C1CCN(CC(F)F)CC1. The van der Waals surface area contributed by atoms with Gasteiger partial charge in [-0.25, -0.2) is 13.8 Å². The summed E-state index contributed by atoms with van der Waals surface area (Å²) in [5, 5.41) is 27.9. The highest BCUT2D eigenvalue weighted by Gasteiger charge is 2.27. The maximum Gasteiger partial charge on any atom is 0.251 e. The van der Waals surface area contributed by atoms with Crippen LogP contribution in [0.5, 0.6) is 0 Å². The first-order valence-electron chi connectivity index (χ1n) is 11.8. The van der Waals surface area contributed by atoms with Gasteiger partial charge in [-0.1, -0.05) is 19.3 Å². The van der Waals surface area contributed by atoms with Gasteiger partial charge in [0.2, 0.25) is 5.90 Å². The molecule has 2 fully saturated rings. The van der Waals surface area contributed by atoms with Crippen molar-refractivity contribution in [3.8, 4) is 0 Å². The summed E-state index contributed by atoms with van der Waals surface area (Å²) < 4.78 is 30.5. The number of hydrogen-bond acceptors (Lipinski definition) is 8. The minimum atomic E-state index is -2.36. The third kappa shape index (κ3) is 6.93. The van der Waals surface area contributed by atoms with Crippen LogP contribution in [0.2, 0.25) is 0 Å². The van der Waals surface area contributed by atoms with Crippen LogP contribution in [0.25, 0.3) is 0 Å². The van der Waals surface area contributed by atoms with Crippen molar-refractivity contribution in [1.82, 2.24) is 9.88 Å². The molecule has 0 aliphatic carbocycles. The molecule has 0 spiro atoms. The lowest BCUT2D eigenvalue weighted by Crippen LogP contribution is -2.39. The van der Waals surface area contributed by atoms with E-state index < -0.39 is 12.3 Å². The second kappa shape index (κ2) is 12.0. The van der Waals surface area contributed by atoms with Gasteiger partial charge in [0.15, 0.2) is 5.90 Å². The molecule has 0 bridgehead atoms. The Morgan fingerprint density at radius 2 is 1.70 bits per heavy atom. The monoisotopic (exact) mass is 463 g/mol. The van der Waals surface area contributed by atoms with Gasteiger partial charge >= 0.3 is 0 Å². The Hall–Kier alpha value is -2.62. The molecule has 0 unspecified atom stereocenters. The Kier molecular flexibility index (Phi) is 9.11. The van der Waals surface area contributed by atoms with Crippen LogP contribution in [0.3, 0.4) is 0 Å². The van der Waals surface area contributed by atoms with Crippen molar-refractivity contribution < 1.29 is 13.5 Å². The van der Waals surface area contributed by atoms with E-state index >= 15 is 0 Å². The molecule has 8 nitrogen and oxygen atoms in total. The van der Waals surface area contributed by atoms with Crippen LogP contribution < -0.4 is 10.2 Å². The van der Waals surface area contributed by atoms with Crippen molar-refractivity contribution >= 4 is 29.1 Å². The first-order chi connectivity index (χ1) is 15.9. The van der Waals surface area contributed by atoms with E-state index in [-0.39, 0.29) is 24.1 Å². The van der Waals surface area contributed by atoms with Gasteiger partial charge in [-0.05, 0) is 50.9 Å². The third-order valence-corrected chi connectivity index (χ3v) is 6.36. The predicted octanol–water partition coefficient (Wildman–Crippen LogP) is 4.21. The minimum absolute atomic E-state index is 0.0855. The van der Waals surface area contributed by atoms with E-state index in [9.17, 15) is 8.78 Å². The molecule has 2 aliphatic rings. The molecular weight excluding hydrogens is 428 g/mol. The quantitative estimate of drug-likeness (QED) is 0.357. The van der Waals surface area contributed by atoms with E-state index in [1.54, 1.807) is 18.0 Å². The van der Waals surface area contributed by atoms with E-state index in [0.29, 0.717) is 37.3 Å². The first-order valence-corrected chi connectivity index (χ1v) is 11.8. The lowest BCUT2D eigenvalue weighted by atomic mass is 9.96. The molecule has 3 rings (SSSR count). The first kappa shape index (κ1) is 25.0. The molecule has 4 N–H and O–H groups in total. The zero-order valence-electron chi connectivity index (χ0n) is 19.3. The maximum atomic E-state index is 12.6. The van der Waals surface area contributed by atoms with E-state index in [4.69, 9.17) is 25.9 Å². The molecule has 1 aromatic rings. The number of nitrogens with zero attached hydrogens (tertiary/aromatic N) is 3. The summed E-state index contributed by atoms with van der Waals surface area (Å²) in [4.78, 5) is 8.64. The molecule has 182 valence electrons. The fourth-order valence-electron chi connectivity index (χ4n) is 4.43. The van der Waals surface area contributed by atoms with Crippen LogP contribution in [0.15, 0.2) is 12.1 Å². The van der Waals surface area contributed by atoms with Gasteiger partial charge < -0.3 is 15.0 Å². The molecule has 33 heavy (non-hydrogen) atoms. The molecule has 0 radical (unpaired) electrons. The van der Waals surface area contributed by atoms with Crippen molar-refractivity contribution in [2.24, 2.45) is 5.92 Å². The topological polar surface area (TPSA) is 112 Å². The molecule has 2 aliphatic heterocycles. The summed E-state index contributed by atoms with van der Waals surface area (Å²) in [5.74, 6) is 0.627. The fraction of sp³-hybridized carbons (Fsp3) is 0.652. The Bertz CT molecular complexity index is 832. The highest BCUT2D eigenvalue weighted by molar-refractivity contribution is 6.45. The summed E-state index contributed by atoms with van der Waals surface area (Å²) >= 11 is 0. The number of rotatable bonds is 7. The molecule has 10 heteroatoms. The van der Waals surface area contributed by atoms with Crippen molar-refractivity contribution in [2.75, 3.05) is 50.0 Å². The van der Waals surface area contributed by atoms with Crippen molar-refractivity contribution in [1.29, 1.82) is 16.2 Å². The molecule has 0 atom stereocenters. The molecule has 0 saturated carbocycles. The number of likely N-dealkylation sites (tertiary alicyclic amines) is 1. The number of nitrogens with one attached hydrogen (secondary N) is 4. The number of pyridine rings is 1. The van der Waals surface area contributed by atoms with Gasteiger partial charge in [-0.15, -0.1) is 0 Å². The van der Waals surface area contributed by atoms with Crippen molar-refractivity contribution in [3.63, 3.8) is 0 Å². The van der Waals surface area contributed by atoms with Crippen LogP contribution >= 0.6 is 0 Å². The van der Waals surface area contributed by atoms with Gasteiger partial charge in [0.1, 0.15) is 17.3 Å². The molecule has 2 saturated heterocycles. The highest BCUT2D eigenvalue weighted by atomic mass is 19.3. The number of anilines is 2. The van der Waals surface area contributed by atoms with Crippen molar-refractivity contribution in [2.45, 2.75) is 51.4 Å². The number of hydrogen-bond donors (Lipinski definition) is 4. The number of aromatic nitrogens is 1.